The predicted octanol–water partition coefficient (Wildman–Crippen LogP) is 0.330. The van der Waals surface area contributed by atoms with Crippen molar-refractivity contribution in [2.24, 2.45) is 0 Å². The van der Waals surface area contributed by atoms with Crippen LogP contribution in [0, 0.1) is 0 Å². The van der Waals surface area contributed by atoms with Gasteiger partial charge in [0.05, 0.1) is 26.4 Å². The van der Waals surface area contributed by atoms with Crippen LogP contribution in [-0.2, 0) is 26.0 Å². The monoisotopic (exact) mass is 306 g/mol. The molecule has 7 nitrogen and oxygen atoms in total. The maximum absolute atomic E-state index is 11.9. The summed E-state index contributed by atoms with van der Waals surface area (Å²) in [6.45, 7) is 4.66. The van der Waals surface area contributed by atoms with Crippen molar-refractivity contribution in [2.75, 3.05) is 40.0 Å². The Labute approximate surface area is 119 Å². The number of sulfonamides is 1. The Kier molecular flexibility index (Phi) is 7.78. The Morgan fingerprint density at radius 3 is 2.75 bits per heavy atom. The summed E-state index contributed by atoms with van der Waals surface area (Å²) in [5.74, 6) is 0.587. The number of furan rings is 1. The molecule has 1 heterocycles. The molecule has 1 rings (SSSR count). The first-order valence-corrected chi connectivity index (χ1v) is 7.94. The third-order valence-corrected chi connectivity index (χ3v) is 3.75. The van der Waals surface area contributed by atoms with Gasteiger partial charge in [0.15, 0.2) is 0 Å². The van der Waals surface area contributed by atoms with Gasteiger partial charge in [0.2, 0.25) is 5.09 Å². The van der Waals surface area contributed by atoms with Crippen molar-refractivity contribution in [3.05, 3.63) is 17.9 Å². The summed E-state index contributed by atoms with van der Waals surface area (Å²) >= 11 is 0. The maximum atomic E-state index is 11.9. The molecule has 0 amide bonds. The summed E-state index contributed by atoms with van der Waals surface area (Å²) in [7, 11) is -2.04. The Morgan fingerprint density at radius 2 is 2.05 bits per heavy atom. The quantitative estimate of drug-likeness (QED) is 0.573. The fraction of sp³-hybridized carbons (Fsp3) is 0.667. The highest BCUT2D eigenvalue weighted by molar-refractivity contribution is 7.89. The molecule has 0 atom stereocenters. The van der Waals surface area contributed by atoms with E-state index in [4.69, 9.17) is 13.9 Å². The first-order chi connectivity index (χ1) is 9.60. The molecule has 0 aliphatic heterocycles. The summed E-state index contributed by atoms with van der Waals surface area (Å²) in [6.07, 6.45) is 0. The van der Waals surface area contributed by atoms with Crippen molar-refractivity contribution in [1.29, 1.82) is 0 Å². The van der Waals surface area contributed by atoms with Crippen LogP contribution in [-0.4, -0.2) is 48.4 Å². The molecule has 0 saturated heterocycles. The van der Waals surface area contributed by atoms with Crippen molar-refractivity contribution in [3.63, 3.8) is 0 Å². The van der Waals surface area contributed by atoms with Gasteiger partial charge in [0, 0.05) is 13.7 Å². The summed E-state index contributed by atoms with van der Waals surface area (Å²) in [4.78, 5) is 0. The third-order valence-electron chi connectivity index (χ3n) is 2.42. The molecule has 0 aromatic carbocycles. The lowest BCUT2D eigenvalue weighted by Crippen LogP contribution is -2.27. The van der Waals surface area contributed by atoms with E-state index >= 15 is 0 Å². The second-order valence-electron chi connectivity index (χ2n) is 4.00. The minimum Gasteiger partial charge on any atom is -0.447 e. The van der Waals surface area contributed by atoms with Crippen LogP contribution < -0.4 is 10.0 Å². The van der Waals surface area contributed by atoms with Crippen LogP contribution in [0.3, 0.4) is 0 Å². The van der Waals surface area contributed by atoms with Gasteiger partial charge in [-0.3, -0.25) is 0 Å². The fourth-order valence-corrected chi connectivity index (χ4v) is 2.37. The molecule has 20 heavy (non-hydrogen) atoms. The zero-order valence-electron chi connectivity index (χ0n) is 11.8. The van der Waals surface area contributed by atoms with Crippen LogP contribution in [0.5, 0.6) is 0 Å². The summed E-state index contributed by atoms with van der Waals surface area (Å²) in [5.41, 5.74) is 0. The van der Waals surface area contributed by atoms with Gasteiger partial charge in [0.1, 0.15) is 5.76 Å². The van der Waals surface area contributed by atoms with Gasteiger partial charge in [0.25, 0.3) is 10.0 Å². The Morgan fingerprint density at radius 1 is 1.25 bits per heavy atom. The number of nitrogens with one attached hydrogen (secondary N) is 2. The minimum absolute atomic E-state index is 0.0812. The molecule has 2 N–H and O–H groups in total. The molecule has 0 bridgehead atoms. The van der Waals surface area contributed by atoms with E-state index in [1.807, 2.05) is 6.92 Å². The van der Waals surface area contributed by atoms with Crippen molar-refractivity contribution >= 4 is 10.0 Å². The normalized spacial score (nSPS) is 11.9. The van der Waals surface area contributed by atoms with E-state index in [1.165, 1.54) is 6.07 Å². The number of hydrogen-bond acceptors (Lipinski definition) is 6. The van der Waals surface area contributed by atoms with Crippen LogP contribution >= 0.6 is 0 Å². The van der Waals surface area contributed by atoms with E-state index in [0.29, 0.717) is 25.5 Å². The standard InChI is InChI=1S/C12H22N2O5S/c1-3-13-10-11-4-5-12(19-11)20(15,16)14-6-7-18-9-8-17-2/h4-5,13-14H,3,6-10H2,1-2H3. The van der Waals surface area contributed by atoms with Crippen LogP contribution in [0.15, 0.2) is 21.6 Å². The van der Waals surface area contributed by atoms with E-state index in [0.717, 1.165) is 6.54 Å². The number of methoxy groups -OCH3 is 1. The van der Waals surface area contributed by atoms with Crippen molar-refractivity contribution in [1.82, 2.24) is 10.0 Å². The molecular formula is C12H22N2O5S. The van der Waals surface area contributed by atoms with Crippen molar-refractivity contribution in [3.8, 4) is 0 Å². The SMILES string of the molecule is CCNCc1ccc(S(=O)(=O)NCCOCCOC)o1. The molecule has 0 spiro atoms. The third kappa shape index (κ3) is 6.02. The van der Waals surface area contributed by atoms with Crippen molar-refractivity contribution in [2.45, 2.75) is 18.6 Å². The minimum atomic E-state index is -3.61. The molecule has 0 radical (unpaired) electrons. The van der Waals surface area contributed by atoms with E-state index in [-0.39, 0.29) is 18.2 Å². The second kappa shape index (κ2) is 9.09. The first kappa shape index (κ1) is 17.1. The molecule has 1 aromatic heterocycles. The van der Waals surface area contributed by atoms with Gasteiger partial charge in [-0.15, -0.1) is 0 Å². The van der Waals surface area contributed by atoms with E-state index in [9.17, 15) is 8.42 Å². The largest absolute Gasteiger partial charge is 0.447 e. The Hall–Kier alpha value is -0.930. The highest BCUT2D eigenvalue weighted by atomic mass is 32.2. The lowest BCUT2D eigenvalue weighted by Gasteiger charge is -2.05. The Bertz CT molecular complexity index is 472. The van der Waals surface area contributed by atoms with Crippen LogP contribution in [0.4, 0.5) is 0 Å². The summed E-state index contributed by atoms with van der Waals surface area (Å²) in [6, 6.07) is 3.09. The van der Waals surface area contributed by atoms with Gasteiger partial charge in [-0.1, -0.05) is 6.92 Å². The van der Waals surface area contributed by atoms with Crippen LogP contribution in [0.1, 0.15) is 12.7 Å². The lowest BCUT2D eigenvalue weighted by atomic mass is 10.4. The van der Waals surface area contributed by atoms with Crippen molar-refractivity contribution < 1.29 is 22.3 Å². The average Bonchev–Trinajstić information content (AvgIpc) is 2.90. The van der Waals surface area contributed by atoms with Gasteiger partial charge in [-0.25, -0.2) is 13.1 Å². The van der Waals surface area contributed by atoms with Gasteiger partial charge in [-0.05, 0) is 18.7 Å². The molecule has 0 aliphatic rings. The zero-order valence-corrected chi connectivity index (χ0v) is 12.7. The molecular weight excluding hydrogens is 284 g/mol. The van der Waals surface area contributed by atoms with Crippen LogP contribution in [0.25, 0.3) is 0 Å². The first-order valence-electron chi connectivity index (χ1n) is 6.46. The van der Waals surface area contributed by atoms with E-state index in [1.54, 1.807) is 13.2 Å². The topological polar surface area (TPSA) is 89.8 Å². The predicted molar refractivity (Wildman–Crippen MR) is 74.0 cm³/mol. The van der Waals surface area contributed by atoms with Gasteiger partial charge in [-0.2, -0.15) is 0 Å². The van der Waals surface area contributed by atoms with E-state index in [2.05, 4.69) is 10.0 Å². The molecule has 1 aromatic rings. The zero-order chi connectivity index (χ0) is 14.8. The highest BCUT2D eigenvalue weighted by Crippen LogP contribution is 2.13. The number of ether oxygens (including phenoxy) is 2. The van der Waals surface area contributed by atoms with Gasteiger partial charge >= 0.3 is 0 Å². The summed E-state index contributed by atoms with van der Waals surface area (Å²) in [5, 5.41) is 2.98. The molecule has 0 unspecified atom stereocenters. The molecule has 8 heteroatoms. The highest BCUT2D eigenvalue weighted by Gasteiger charge is 2.17. The molecule has 116 valence electrons. The number of hydrogen-bond donors (Lipinski definition) is 2. The van der Waals surface area contributed by atoms with E-state index < -0.39 is 10.0 Å². The molecule has 0 fully saturated rings. The maximum Gasteiger partial charge on any atom is 0.274 e. The van der Waals surface area contributed by atoms with Crippen LogP contribution in [0.2, 0.25) is 0 Å². The number of rotatable bonds is 11. The molecule has 0 aliphatic carbocycles. The second-order valence-corrected chi connectivity index (χ2v) is 5.70. The fourth-order valence-electron chi connectivity index (χ4n) is 1.41. The summed E-state index contributed by atoms with van der Waals surface area (Å²) < 4.78 is 41.5. The smallest absolute Gasteiger partial charge is 0.274 e. The van der Waals surface area contributed by atoms with Gasteiger partial charge < -0.3 is 19.2 Å². The molecule has 0 saturated carbocycles. The Balaban J connectivity index is 2.38. The lowest BCUT2D eigenvalue weighted by molar-refractivity contribution is 0.0736. The average molecular weight is 306 g/mol.